The number of hydrogen-bond acceptors (Lipinski definition) is 5. The summed E-state index contributed by atoms with van der Waals surface area (Å²) in [5.74, 6) is -61.8. The van der Waals surface area contributed by atoms with Crippen LogP contribution in [-0.4, -0.2) is 65.3 Å². The van der Waals surface area contributed by atoms with Crippen LogP contribution in [0.3, 0.4) is 0 Å². The Bertz CT molecular complexity index is 1660. The van der Waals surface area contributed by atoms with Crippen LogP contribution in [0.5, 0.6) is 5.75 Å². The van der Waals surface area contributed by atoms with Gasteiger partial charge in [-0.05, 0) is 19.9 Å². The number of allylic oxidation sites excluding steroid dienone is 1. The number of hydrogen-bond donors (Lipinski definition) is 0. The minimum absolute atomic E-state index is 0.164. The molecule has 0 saturated carbocycles. The monoisotopic (exact) mass is 742 g/mol. The lowest BCUT2D eigenvalue weighted by atomic mass is 9.91. The zero-order valence-corrected chi connectivity index (χ0v) is 23.2. The molecule has 1 aromatic carbocycles. The van der Waals surface area contributed by atoms with Crippen LogP contribution in [0.4, 0.5) is 86.0 Å². The Morgan fingerprint density at radius 1 is 0.551 bits per heavy atom. The number of amides is 4. The Hall–Kier alpha value is -4.67. The van der Waals surface area contributed by atoms with Crippen molar-refractivity contribution >= 4 is 35.0 Å². The molecule has 0 bridgehead atoms. The zero-order chi connectivity index (χ0) is 38.2. The van der Waals surface area contributed by atoms with Gasteiger partial charge in [-0.25, -0.2) is 9.80 Å². The van der Waals surface area contributed by atoms with Crippen LogP contribution in [0.25, 0.3) is 0 Å². The van der Waals surface area contributed by atoms with Gasteiger partial charge in [0.25, 0.3) is 23.6 Å². The quantitative estimate of drug-likeness (QED) is 0.144. The number of halogens is 17. The molecule has 24 heteroatoms. The fourth-order valence-electron chi connectivity index (χ4n) is 3.93. The van der Waals surface area contributed by atoms with E-state index in [-0.39, 0.29) is 33.1 Å². The molecular formula is C25H11F17N2O5. The van der Waals surface area contributed by atoms with Crippen LogP contribution >= 0.6 is 0 Å². The number of alkyl halides is 15. The Morgan fingerprint density at radius 2 is 0.898 bits per heavy atom. The maximum Gasteiger partial charge on any atom is 0.460 e. The summed E-state index contributed by atoms with van der Waals surface area (Å²) in [6.07, 6.45) is -6.55. The van der Waals surface area contributed by atoms with Crippen molar-refractivity contribution < 1.29 is 98.6 Å². The van der Waals surface area contributed by atoms with Gasteiger partial charge in [0.15, 0.2) is 0 Å². The average Bonchev–Trinajstić information content (AvgIpc) is 3.36. The highest BCUT2D eigenvalue weighted by Gasteiger charge is 2.94. The zero-order valence-electron chi connectivity index (χ0n) is 23.2. The van der Waals surface area contributed by atoms with Crippen molar-refractivity contribution in [3.8, 4) is 5.75 Å². The van der Waals surface area contributed by atoms with E-state index in [0.29, 0.717) is 18.2 Å². The molecule has 2 aliphatic rings. The maximum atomic E-state index is 14.5. The molecule has 0 fully saturated rings. The minimum Gasteiger partial charge on any atom is -0.429 e. The highest BCUT2D eigenvalue weighted by atomic mass is 19.4. The largest absolute Gasteiger partial charge is 0.460 e. The van der Waals surface area contributed by atoms with E-state index < -0.39 is 94.3 Å². The average molecular weight is 742 g/mol. The Balaban J connectivity index is 2.14. The first-order chi connectivity index (χ1) is 21.8. The van der Waals surface area contributed by atoms with Gasteiger partial charge in [0.1, 0.15) is 5.75 Å². The van der Waals surface area contributed by atoms with Crippen molar-refractivity contribution in [1.29, 1.82) is 0 Å². The van der Waals surface area contributed by atoms with Crippen LogP contribution in [0, 0.1) is 0 Å². The molecule has 0 aliphatic carbocycles. The van der Waals surface area contributed by atoms with Crippen LogP contribution in [0.2, 0.25) is 0 Å². The summed E-state index contributed by atoms with van der Waals surface area (Å²) in [7, 11) is 0. The molecule has 0 N–H and O–H groups in total. The minimum atomic E-state index is -8.78. The van der Waals surface area contributed by atoms with Gasteiger partial charge in [-0.15, -0.1) is 0 Å². The summed E-state index contributed by atoms with van der Waals surface area (Å²) < 4.78 is 234. The number of imide groups is 2. The first-order valence-electron chi connectivity index (χ1n) is 12.2. The third-order valence-corrected chi connectivity index (χ3v) is 6.58. The molecule has 4 amide bonds. The van der Waals surface area contributed by atoms with Crippen molar-refractivity contribution in [2.45, 2.75) is 55.6 Å². The van der Waals surface area contributed by atoms with Crippen molar-refractivity contribution in [2.24, 2.45) is 0 Å². The Morgan fingerprint density at radius 3 is 1.22 bits per heavy atom. The number of anilines is 2. The van der Waals surface area contributed by atoms with Gasteiger partial charge in [0.05, 0.1) is 11.4 Å². The third-order valence-electron chi connectivity index (χ3n) is 6.58. The van der Waals surface area contributed by atoms with E-state index in [1.165, 1.54) is 0 Å². The summed E-state index contributed by atoms with van der Waals surface area (Å²) in [5, 5.41) is 0. The lowest BCUT2D eigenvalue weighted by Crippen LogP contribution is -2.72. The second kappa shape index (κ2) is 11.5. The molecule has 0 spiro atoms. The fourth-order valence-corrected chi connectivity index (χ4v) is 3.93. The molecule has 0 atom stereocenters. The highest BCUT2D eigenvalue weighted by Crippen LogP contribution is 2.63. The second-order valence-corrected chi connectivity index (χ2v) is 9.93. The summed E-state index contributed by atoms with van der Waals surface area (Å²) in [5.41, 5.74) is -2.35. The number of carbonyl (C=O) groups is 4. The van der Waals surface area contributed by atoms with Crippen molar-refractivity contribution in [2.75, 3.05) is 9.80 Å². The van der Waals surface area contributed by atoms with Gasteiger partial charge in [-0.3, -0.25) is 19.2 Å². The SMILES string of the molecule is CC1=CC(=O)N(c2cc(OC(F)=C(F)C(F)(F)C(F)(F)C(F)(F)C(F)(F)C(F)(F)C(F)(F)C(F)(F)F)cc(N3C(=O)C=C(C)C3=O)c2)C1=O. The van der Waals surface area contributed by atoms with E-state index in [4.69, 9.17) is 0 Å². The molecule has 0 unspecified atom stereocenters. The van der Waals surface area contributed by atoms with E-state index in [2.05, 4.69) is 4.74 Å². The first kappa shape index (κ1) is 38.8. The van der Waals surface area contributed by atoms with E-state index in [1.807, 2.05) is 0 Å². The predicted octanol–water partition coefficient (Wildman–Crippen LogP) is 7.19. The van der Waals surface area contributed by atoms with E-state index in [9.17, 15) is 93.8 Å². The van der Waals surface area contributed by atoms with Crippen molar-refractivity contribution in [3.63, 3.8) is 0 Å². The van der Waals surface area contributed by atoms with Crippen LogP contribution in [-0.2, 0) is 19.2 Å². The fraction of sp³-hybridized carbons (Fsp3) is 0.360. The third kappa shape index (κ3) is 5.56. The van der Waals surface area contributed by atoms with Gasteiger partial charge in [0.2, 0.25) is 5.83 Å². The van der Waals surface area contributed by atoms with Gasteiger partial charge < -0.3 is 4.74 Å². The van der Waals surface area contributed by atoms with E-state index >= 15 is 0 Å². The van der Waals surface area contributed by atoms with Crippen molar-refractivity contribution in [1.82, 2.24) is 0 Å². The topological polar surface area (TPSA) is 84.0 Å². The molecule has 7 nitrogen and oxygen atoms in total. The number of benzene rings is 1. The molecule has 49 heavy (non-hydrogen) atoms. The van der Waals surface area contributed by atoms with Crippen LogP contribution in [0.1, 0.15) is 13.8 Å². The molecule has 0 radical (unpaired) electrons. The number of ether oxygens (including phenoxy) is 1. The van der Waals surface area contributed by atoms with Crippen LogP contribution < -0.4 is 14.5 Å². The molecule has 3 rings (SSSR count). The van der Waals surface area contributed by atoms with E-state index in [0.717, 1.165) is 13.8 Å². The second-order valence-electron chi connectivity index (χ2n) is 9.93. The number of nitrogens with zero attached hydrogens (tertiary/aromatic N) is 2. The predicted molar refractivity (Wildman–Crippen MR) is 125 cm³/mol. The molecule has 2 aliphatic heterocycles. The van der Waals surface area contributed by atoms with Crippen LogP contribution in [0.15, 0.2) is 53.3 Å². The van der Waals surface area contributed by atoms with E-state index in [1.54, 1.807) is 0 Å². The lowest BCUT2D eigenvalue weighted by molar-refractivity contribution is -0.451. The summed E-state index contributed by atoms with van der Waals surface area (Å²) in [6.45, 7) is 2.11. The summed E-state index contributed by atoms with van der Waals surface area (Å²) in [6, 6.07) is -2.79. The molecular weight excluding hydrogens is 731 g/mol. The Labute approximate surface area is 258 Å². The number of carbonyl (C=O) groups excluding carboxylic acids is 4. The summed E-state index contributed by atoms with van der Waals surface area (Å²) in [4.78, 5) is 49.6. The highest BCUT2D eigenvalue weighted by molar-refractivity contribution is 6.32. The smallest absolute Gasteiger partial charge is 0.429 e. The standard InChI is InChI=1S/C25H11F17N2O5/c1-8-3-13(45)43(17(8)47)10-5-11(44-14(46)4-9(2)18(44)48)7-12(6-10)49-16(27)15(26)19(28,29)20(30,31)21(32,33)22(34,35)23(36,37)24(38,39)25(40,41)42/h3-7H,1-2H3. The Kier molecular flexibility index (Phi) is 9.06. The van der Waals surface area contributed by atoms with Gasteiger partial charge in [-0.1, -0.05) is 0 Å². The van der Waals surface area contributed by atoms with Crippen molar-refractivity contribution in [3.05, 3.63) is 53.3 Å². The molecule has 0 aromatic heterocycles. The number of rotatable bonds is 10. The normalized spacial score (nSPS) is 17.9. The van der Waals surface area contributed by atoms with Gasteiger partial charge in [0, 0.05) is 35.4 Å². The van der Waals surface area contributed by atoms with Gasteiger partial charge >= 0.3 is 47.7 Å². The first-order valence-corrected chi connectivity index (χ1v) is 12.2. The maximum absolute atomic E-state index is 14.5. The molecule has 270 valence electrons. The lowest BCUT2D eigenvalue weighted by Gasteiger charge is -2.41. The summed E-state index contributed by atoms with van der Waals surface area (Å²) >= 11 is 0. The molecule has 2 heterocycles. The van der Waals surface area contributed by atoms with Gasteiger partial charge in [-0.2, -0.15) is 74.6 Å². The molecule has 0 saturated heterocycles. The molecule has 1 aromatic rings.